The standard InChI is InChI=1S/C25H34O6S/c1-7-10-31-25-21(29-4)13-16(14-22(25)32-6)18-9-8-17(23(18)26)15-11-19(27-2)24(30-5)20(12-15)28-3/h11-14,17-18,23,26H,7-10H2,1-6H3/t17-,18-,23-/m1/s1. The zero-order valence-corrected chi connectivity index (χ0v) is 20.6. The summed E-state index contributed by atoms with van der Waals surface area (Å²) in [6, 6.07) is 8.01. The molecule has 1 saturated carbocycles. The molecular formula is C25H34O6S. The minimum atomic E-state index is -0.542. The first-order valence-electron chi connectivity index (χ1n) is 10.9. The van der Waals surface area contributed by atoms with Gasteiger partial charge in [0.2, 0.25) is 5.75 Å². The van der Waals surface area contributed by atoms with Crippen LogP contribution in [-0.2, 0) is 0 Å². The number of hydrogen-bond acceptors (Lipinski definition) is 7. The van der Waals surface area contributed by atoms with E-state index in [0.29, 0.717) is 29.6 Å². The van der Waals surface area contributed by atoms with Gasteiger partial charge in [0.1, 0.15) is 0 Å². The Bertz CT molecular complexity index is 865. The second-order valence-corrected chi connectivity index (χ2v) is 8.69. The lowest BCUT2D eigenvalue weighted by Crippen LogP contribution is -2.19. The number of thioether (sulfide) groups is 1. The normalized spacial score (nSPS) is 20.2. The summed E-state index contributed by atoms with van der Waals surface area (Å²) in [4.78, 5) is 1.02. The van der Waals surface area contributed by atoms with E-state index >= 15 is 0 Å². The lowest BCUT2D eigenvalue weighted by Gasteiger charge is -2.23. The Morgan fingerprint density at radius 3 is 1.75 bits per heavy atom. The third kappa shape index (κ3) is 4.74. The summed E-state index contributed by atoms with van der Waals surface area (Å²) in [7, 11) is 6.46. The molecule has 1 N–H and O–H groups in total. The molecule has 32 heavy (non-hydrogen) atoms. The predicted molar refractivity (Wildman–Crippen MR) is 127 cm³/mol. The summed E-state index contributed by atoms with van der Waals surface area (Å²) in [6.07, 6.45) is 4.14. The Labute approximate surface area is 195 Å². The average molecular weight is 463 g/mol. The van der Waals surface area contributed by atoms with Crippen LogP contribution in [0.3, 0.4) is 0 Å². The molecule has 0 heterocycles. The van der Waals surface area contributed by atoms with E-state index in [1.165, 1.54) is 0 Å². The molecule has 0 amide bonds. The highest BCUT2D eigenvalue weighted by Gasteiger charge is 2.38. The molecule has 0 saturated heterocycles. The van der Waals surface area contributed by atoms with Crippen LogP contribution >= 0.6 is 11.8 Å². The maximum absolute atomic E-state index is 11.4. The van der Waals surface area contributed by atoms with Crippen LogP contribution in [0.5, 0.6) is 28.7 Å². The second-order valence-electron chi connectivity index (χ2n) is 7.84. The lowest BCUT2D eigenvalue weighted by molar-refractivity contribution is 0.145. The molecule has 0 unspecified atom stereocenters. The topological polar surface area (TPSA) is 66.4 Å². The molecule has 1 aliphatic carbocycles. The molecule has 1 fully saturated rings. The zero-order chi connectivity index (χ0) is 23.3. The van der Waals surface area contributed by atoms with Crippen molar-refractivity contribution in [2.75, 3.05) is 41.3 Å². The van der Waals surface area contributed by atoms with E-state index in [1.807, 2.05) is 24.5 Å². The predicted octanol–water partition coefficient (Wildman–Crippen LogP) is 5.25. The number of methoxy groups -OCH3 is 4. The largest absolute Gasteiger partial charge is 0.493 e. The first kappa shape index (κ1) is 24.4. The van der Waals surface area contributed by atoms with Crippen molar-refractivity contribution in [2.45, 2.75) is 49.0 Å². The number of ether oxygens (including phenoxy) is 5. The van der Waals surface area contributed by atoms with Crippen molar-refractivity contribution < 1.29 is 28.8 Å². The van der Waals surface area contributed by atoms with Crippen LogP contribution in [0, 0.1) is 0 Å². The van der Waals surface area contributed by atoms with Crippen molar-refractivity contribution in [3.63, 3.8) is 0 Å². The van der Waals surface area contributed by atoms with Crippen LogP contribution in [0.2, 0.25) is 0 Å². The quantitative estimate of drug-likeness (QED) is 0.484. The number of hydrogen-bond donors (Lipinski definition) is 1. The number of aliphatic hydroxyl groups is 1. The highest BCUT2D eigenvalue weighted by molar-refractivity contribution is 7.98. The van der Waals surface area contributed by atoms with E-state index in [9.17, 15) is 5.11 Å². The third-order valence-corrected chi connectivity index (χ3v) is 6.83. The lowest BCUT2D eigenvalue weighted by atomic mass is 9.89. The van der Waals surface area contributed by atoms with E-state index in [2.05, 4.69) is 13.0 Å². The Kier molecular flexibility index (Phi) is 8.43. The van der Waals surface area contributed by atoms with Gasteiger partial charge >= 0.3 is 0 Å². The molecule has 3 rings (SSSR count). The van der Waals surface area contributed by atoms with Gasteiger partial charge in [-0.3, -0.25) is 0 Å². The Balaban J connectivity index is 1.94. The van der Waals surface area contributed by atoms with Gasteiger partial charge in [-0.05, 0) is 60.9 Å². The first-order valence-corrected chi connectivity index (χ1v) is 12.1. The molecule has 176 valence electrons. The minimum absolute atomic E-state index is 0.000818. The average Bonchev–Trinajstić information content (AvgIpc) is 3.22. The van der Waals surface area contributed by atoms with Crippen molar-refractivity contribution in [1.29, 1.82) is 0 Å². The summed E-state index contributed by atoms with van der Waals surface area (Å²) in [5.74, 6) is 3.21. The number of aliphatic hydroxyl groups excluding tert-OH is 1. The SMILES string of the molecule is CCCOc1c(OC)cc([C@H]2CC[C@H](c3cc(OC)c(OC)c(OC)c3)[C@H]2O)cc1SC. The van der Waals surface area contributed by atoms with Gasteiger partial charge in [-0.25, -0.2) is 0 Å². The monoisotopic (exact) mass is 462 g/mol. The summed E-state index contributed by atoms with van der Waals surface area (Å²) in [5.41, 5.74) is 2.05. The van der Waals surface area contributed by atoms with Gasteiger partial charge in [0.25, 0.3) is 0 Å². The van der Waals surface area contributed by atoms with Gasteiger partial charge in [0, 0.05) is 11.8 Å². The molecule has 0 radical (unpaired) electrons. The highest BCUT2D eigenvalue weighted by Crippen LogP contribution is 2.50. The fraction of sp³-hybridized carbons (Fsp3) is 0.520. The fourth-order valence-corrected chi connectivity index (χ4v) is 5.08. The molecule has 2 aromatic rings. The van der Waals surface area contributed by atoms with E-state index in [4.69, 9.17) is 23.7 Å². The van der Waals surface area contributed by atoms with Crippen molar-refractivity contribution in [1.82, 2.24) is 0 Å². The van der Waals surface area contributed by atoms with Crippen LogP contribution in [-0.4, -0.2) is 52.5 Å². The molecule has 3 atom stereocenters. The van der Waals surface area contributed by atoms with Crippen molar-refractivity contribution in [3.05, 3.63) is 35.4 Å². The minimum Gasteiger partial charge on any atom is -0.493 e. The van der Waals surface area contributed by atoms with Crippen LogP contribution in [0.4, 0.5) is 0 Å². The van der Waals surface area contributed by atoms with Crippen LogP contribution < -0.4 is 23.7 Å². The van der Waals surface area contributed by atoms with Crippen molar-refractivity contribution in [3.8, 4) is 28.7 Å². The molecule has 2 aromatic carbocycles. The summed E-state index contributed by atoms with van der Waals surface area (Å²) in [5, 5.41) is 11.4. The van der Waals surface area contributed by atoms with Gasteiger partial charge < -0.3 is 28.8 Å². The molecule has 0 aliphatic heterocycles. The van der Waals surface area contributed by atoms with E-state index < -0.39 is 6.10 Å². The van der Waals surface area contributed by atoms with Gasteiger partial charge in [-0.15, -0.1) is 11.8 Å². The van der Waals surface area contributed by atoms with Crippen LogP contribution in [0.1, 0.15) is 49.1 Å². The molecule has 7 heteroatoms. The molecule has 1 aliphatic rings. The molecular weight excluding hydrogens is 428 g/mol. The zero-order valence-electron chi connectivity index (χ0n) is 19.8. The van der Waals surface area contributed by atoms with E-state index in [1.54, 1.807) is 40.2 Å². The number of benzene rings is 2. The van der Waals surface area contributed by atoms with Gasteiger partial charge in [0.15, 0.2) is 23.0 Å². The number of rotatable bonds is 10. The van der Waals surface area contributed by atoms with Gasteiger partial charge in [-0.1, -0.05) is 6.92 Å². The molecule has 0 spiro atoms. The smallest absolute Gasteiger partial charge is 0.203 e. The van der Waals surface area contributed by atoms with Crippen LogP contribution in [0.25, 0.3) is 0 Å². The maximum atomic E-state index is 11.4. The van der Waals surface area contributed by atoms with Crippen LogP contribution in [0.15, 0.2) is 29.2 Å². The summed E-state index contributed by atoms with van der Waals surface area (Å²) < 4.78 is 28.1. The third-order valence-electron chi connectivity index (χ3n) is 6.09. The van der Waals surface area contributed by atoms with E-state index in [0.717, 1.165) is 41.0 Å². The van der Waals surface area contributed by atoms with Crippen molar-refractivity contribution in [2.24, 2.45) is 0 Å². The van der Waals surface area contributed by atoms with E-state index in [-0.39, 0.29) is 11.8 Å². The molecule has 6 nitrogen and oxygen atoms in total. The Morgan fingerprint density at radius 1 is 0.812 bits per heavy atom. The fourth-order valence-electron chi connectivity index (χ4n) is 4.48. The van der Waals surface area contributed by atoms with Gasteiger partial charge in [-0.2, -0.15) is 0 Å². The Morgan fingerprint density at radius 2 is 1.31 bits per heavy atom. The Hall–Kier alpha value is -2.25. The molecule has 0 bridgehead atoms. The van der Waals surface area contributed by atoms with Gasteiger partial charge in [0.05, 0.1) is 46.0 Å². The second kappa shape index (κ2) is 11.1. The summed E-state index contributed by atoms with van der Waals surface area (Å²) >= 11 is 1.63. The highest BCUT2D eigenvalue weighted by atomic mass is 32.2. The molecule has 0 aromatic heterocycles. The van der Waals surface area contributed by atoms with Crippen molar-refractivity contribution >= 4 is 11.8 Å². The summed E-state index contributed by atoms with van der Waals surface area (Å²) in [6.45, 7) is 2.72. The maximum Gasteiger partial charge on any atom is 0.203 e. The first-order chi connectivity index (χ1) is 15.5.